The third kappa shape index (κ3) is 4.36. The molecular weight excluding hydrogens is 203 g/mol. The highest BCUT2D eigenvalue weighted by molar-refractivity contribution is 7.57. The van der Waals surface area contributed by atoms with E-state index < -0.39 is 7.37 Å². The first-order valence-corrected chi connectivity index (χ1v) is 7.31. The fourth-order valence-electron chi connectivity index (χ4n) is 1.36. The Morgan fingerprint density at radius 2 is 2.00 bits per heavy atom. The minimum absolute atomic E-state index is 0.0189. The molecule has 14 heavy (non-hydrogen) atoms. The minimum atomic E-state index is -2.52. The fourth-order valence-corrected chi connectivity index (χ4v) is 1.79. The van der Waals surface area contributed by atoms with Gasteiger partial charge in [-0.15, -0.1) is 0 Å². The van der Waals surface area contributed by atoms with Gasteiger partial charge in [0.15, 0.2) is 13.2 Å². The van der Waals surface area contributed by atoms with Crippen molar-refractivity contribution in [1.82, 2.24) is 0 Å². The van der Waals surface area contributed by atoms with E-state index in [0.29, 0.717) is 13.2 Å². The van der Waals surface area contributed by atoms with Gasteiger partial charge in [0.05, 0.1) is 0 Å². The van der Waals surface area contributed by atoms with E-state index in [2.05, 4.69) is 0 Å². The topological polar surface area (TPSA) is 52.6 Å². The maximum Gasteiger partial charge on any atom is 0.197 e. The maximum atomic E-state index is 11.5. The predicted molar refractivity (Wildman–Crippen MR) is 54.0 cm³/mol. The summed E-state index contributed by atoms with van der Waals surface area (Å²) >= 11 is 0. The molecule has 4 nitrogen and oxygen atoms in total. The molecule has 0 aliphatic carbocycles. The first-order chi connectivity index (χ1) is 6.49. The van der Waals surface area contributed by atoms with Crippen molar-refractivity contribution in [2.75, 3.05) is 33.2 Å². The van der Waals surface area contributed by atoms with Gasteiger partial charge in [-0.25, -0.2) is 0 Å². The van der Waals surface area contributed by atoms with Gasteiger partial charge in [0.25, 0.3) is 0 Å². The van der Waals surface area contributed by atoms with Crippen molar-refractivity contribution < 1.29 is 18.6 Å². The number of carbonyl (C=O) groups excluding carboxylic acids is 1. The van der Waals surface area contributed by atoms with Crippen LogP contribution in [0.1, 0.15) is 12.8 Å². The van der Waals surface area contributed by atoms with Crippen molar-refractivity contribution >= 4 is 13.2 Å². The average molecular weight is 220 g/mol. The standard InChI is InChI=1S/C9H17O4P/c1-14(2,11)13-7-9(10)8-3-5-12-6-4-8/h8H,3-7H2,1-2H3. The van der Waals surface area contributed by atoms with Crippen LogP contribution in [0.2, 0.25) is 0 Å². The average Bonchev–Trinajstić information content (AvgIpc) is 2.14. The van der Waals surface area contributed by atoms with Crippen LogP contribution in [0, 0.1) is 5.92 Å². The highest BCUT2D eigenvalue weighted by Gasteiger charge is 2.22. The molecule has 0 saturated carbocycles. The molecule has 0 unspecified atom stereocenters. The molecule has 0 spiro atoms. The van der Waals surface area contributed by atoms with Crippen LogP contribution in [0.15, 0.2) is 0 Å². The van der Waals surface area contributed by atoms with Crippen LogP contribution in [-0.2, 0) is 18.6 Å². The number of carbonyl (C=O) groups is 1. The lowest BCUT2D eigenvalue weighted by Crippen LogP contribution is -2.26. The molecule has 1 saturated heterocycles. The molecule has 0 amide bonds. The summed E-state index contributed by atoms with van der Waals surface area (Å²) in [4.78, 5) is 11.5. The van der Waals surface area contributed by atoms with E-state index in [-0.39, 0.29) is 18.3 Å². The first-order valence-electron chi connectivity index (χ1n) is 4.79. The van der Waals surface area contributed by atoms with E-state index in [1.54, 1.807) is 0 Å². The van der Waals surface area contributed by atoms with Gasteiger partial charge < -0.3 is 9.26 Å². The molecule has 0 aromatic carbocycles. The Labute approximate surface area is 84.4 Å². The number of rotatable bonds is 4. The molecule has 0 aromatic heterocycles. The normalized spacial score (nSPS) is 19.6. The van der Waals surface area contributed by atoms with Crippen LogP contribution in [0.5, 0.6) is 0 Å². The molecule has 0 atom stereocenters. The number of Topliss-reactive ketones (excluding diaryl/α,β-unsaturated/α-hetero) is 1. The van der Waals surface area contributed by atoms with Gasteiger partial charge in [-0.3, -0.25) is 9.36 Å². The van der Waals surface area contributed by atoms with Crippen LogP contribution in [-0.4, -0.2) is 38.9 Å². The SMILES string of the molecule is CP(C)(=O)OCC(=O)C1CCOCC1. The Morgan fingerprint density at radius 1 is 1.43 bits per heavy atom. The fraction of sp³-hybridized carbons (Fsp3) is 0.889. The molecular formula is C9H17O4P. The van der Waals surface area contributed by atoms with E-state index in [9.17, 15) is 9.36 Å². The van der Waals surface area contributed by atoms with Crippen molar-refractivity contribution in [2.24, 2.45) is 5.92 Å². The summed E-state index contributed by atoms with van der Waals surface area (Å²) in [6.07, 6.45) is 1.53. The third-order valence-electron chi connectivity index (χ3n) is 2.19. The second-order valence-corrected chi connectivity index (χ2v) is 6.64. The van der Waals surface area contributed by atoms with Gasteiger partial charge in [0.2, 0.25) is 0 Å². The number of hydrogen-bond acceptors (Lipinski definition) is 4. The molecule has 0 bridgehead atoms. The zero-order chi connectivity index (χ0) is 10.6. The van der Waals surface area contributed by atoms with Gasteiger partial charge in [-0.05, 0) is 12.8 Å². The zero-order valence-electron chi connectivity index (χ0n) is 8.69. The van der Waals surface area contributed by atoms with E-state index >= 15 is 0 Å². The van der Waals surface area contributed by atoms with Gasteiger partial charge >= 0.3 is 0 Å². The van der Waals surface area contributed by atoms with Crippen molar-refractivity contribution in [3.05, 3.63) is 0 Å². The summed E-state index contributed by atoms with van der Waals surface area (Å²) < 4.78 is 21.4. The summed E-state index contributed by atoms with van der Waals surface area (Å²) in [6, 6.07) is 0. The van der Waals surface area contributed by atoms with Crippen LogP contribution in [0.4, 0.5) is 0 Å². The lowest BCUT2D eigenvalue weighted by atomic mass is 9.96. The van der Waals surface area contributed by atoms with Gasteiger partial charge in [-0.1, -0.05) is 0 Å². The summed E-state index contributed by atoms with van der Waals surface area (Å²) in [5.74, 6) is 0.0903. The Bertz CT molecular complexity index is 239. The van der Waals surface area contributed by atoms with Gasteiger partial charge in [0.1, 0.15) is 6.61 Å². The Kier molecular flexibility index (Phi) is 4.30. The Morgan fingerprint density at radius 3 is 2.50 bits per heavy atom. The Balaban J connectivity index is 2.30. The summed E-state index contributed by atoms with van der Waals surface area (Å²) in [7, 11) is -2.52. The minimum Gasteiger partial charge on any atom is -0.381 e. The van der Waals surface area contributed by atoms with Crippen LogP contribution >= 0.6 is 7.37 Å². The lowest BCUT2D eigenvalue weighted by molar-refractivity contribution is -0.127. The largest absolute Gasteiger partial charge is 0.381 e. The van der Waals surface area contributed by atoms with Gasteiger partial charge in [-0.2, -0.15) is 0 Å². The molecule has 0 N–H and O–H groups in total. The molecule has 1 fully saturated rings. The van der Waals surface area contributed by atoms with E-state index in [0.717, 1.165) is 12.8 Å². The number of hydrogen-bond donors (Lipinski definition) is 0. The smallest absolute Gasteiger partial charge is 0.197 e. The van der Waals surface area contributed by atoms with Crippen LogP contribution in [0.3, 0.4) is 0 Å². The van der Waals surface area contributed by atoms with Crippen molar-refractivity contribution in [3.63, 3.8) is 0 Å². The summed E-state index contributed by atoms with van der Waals surface area (Å²) in [6.45, 7) is 4.31. The second kappa shape index (κ2) is 5.06. The predicted octanol–water partition coefficient (Wildman–Crippen LogP) is 1.54. The highest BCUT2D eigenvalue weighted by atomic mass is 31.2. The Hall–Kier alpha value is -0.180. The molecule has 1 heterocycles. The molecule has 1 rings (SSSR count). The highest BCUT2D eigenvalue weighted by Crippen LogP contribution is 2.37. The van der Waals surface area contributed by atoms with E-state index in [4.69, 9.17) is 9.26 Å². The molecule has 1 aliphatic heterocycles. The molecule has 5 heteroatoms. The maximum absolute atomic E-state index is 11.5. The monoisotopic (exact) mass is 220 g/mol. The molecule has 1 aliphatic rings. The van der Waals surface area contributed by atoms with E-state index in [1.165, 1.54) is 13.3 Å². The van der Waals surface area contributed by atoms with Crippen molar-refractivity contribution in [1.29, 1.82) is 0 Å². The van der Waals surface area contributed by atoms with Crippen molar-refractivity contribution in [3.8, 4) is 0 Å². The van der Waals surface area contributed by atoms with Crippen LogP contribution < -0.4 is 0 Å². The lowest BCUT2D eigenvalue weighted by Gasteiger charge is -2.21. The summed E-state index contributed by atoms with van der Waals surface area (Å²) in [5, 5.41) is 0. The first kappa shape index (κ1) is 11.9. The second-order valence-electron chi connectivity index (χ2n) is 3.88. The van der Waals surface area contributed by atoms with Crippen LogP contribution in [0.25, 0.3) is 0 Å². The number of ketones is 1. The molecule has 0 aromatic rings. The zero-order valence-corrected chi connectivity index (χ0v) is 9.59. The third-order valence-corrected chi connectivity index (χ3v) is 2.95. The number of ether oxygens (including phenoxy) is 1. The summed E-state index contributed by atoms with van der Waals surface area (Å²) in [5.41, 5.74) is 0. The van der Waals surface area contributed by atoms with Gasteiger partial charge in [0, 0.05) is 32.5 Å². The molecule has 0 radical (unpaired) electrons. The quantitative estimate of drug-likeness (QED) is 0.674. The van der Waals surface area contributed by atoms with E-state index in [1.807, 2.05) is 0 Å². The van der Waals surface area contributed by atoms with Crippen molar-refractivity contribution in [2.45, 2.75) is 12.8 Å². The molecule has 82 valence electrons.